The Morgan fingerprint density at radius 3 is 3.14 bits per heavy atom. The second-order valence-corrected chi connectivity index (χ2v) is 1.07. The van der Waals surface area contributed by atoms with Gasteiger partial charge in [0.1, 0.15) is 0 Å². The van der Waals surface area contributed by atoms with Crippen molar-refractivity contribution in [2.24, 2.45) is 0 Å². The number of ether oxygens (including phenoxy) is 1. The zero-order valence-electron chi connectivity index (χ0n) is 5.44. The highest BCUT2D eigenvalue weighted by Gasteiger charge is 1.91. The zero-order chi connectivity index (χ0) is 6.41. The van der Waals surface area contributed by atoms with Gasteiger partial charge >= 0.3 is 5.97 Å². The molecule has 0 unspecified atom stereocenters. The topological polar surface area (TPSA) is 26.3 Å². The third-order valence-electron chi connectivity index (χ3n) is 0.552. The third kappa shape index (κ3) is 3.30. The maximum atomic E-state index is 10.3. The van der Waals surface area contributed by atoms with Crippen LogP contribution in [0.5, 0.6) is 0 Å². The fraction of sp³-hybridized carbons (Fsp3) is 0.800. The molecule has 2 nitrogen and oxygen atoms in total. The first-order chi connectivity index (χ1) is 3.81. The van der Waals surface area contributed by atoms with Gasteiger partial charge in [-0.15, -0.1) is 0 Å². The van der Waals surface area contributed by atoms with Gasteiger partial charge in [-0.25, -0.2) is 0 Å². The molecule has 0 amide bonds. The molecule has 0 spiro atoms. The summed E-state index contributed by atoms with van der Waals surface area (Å²) in [5.74, 6) is -0.225. The van der Waals surface area contributed by atoms with Gasteiger partial charge in [-0.1, -0.05) is 6.92 Å². The van der Waals surface area contributed by atoms with Gasteiger partial charge in [0.25, 0.3) is 0 Å². The summed E-state index contributed by atoms with van der Waals surface area (Å²) < 4.78 is 11.1. The van der Waals surface area contributed by atoms with Crippen LogP contribution >= 0.6 is 0 Å². The molecule has 0 aliphatic rings. The normalized spacial score (nSPS) is 10.1. The van der Waals surface area contributed by atoms with E-state index in [1.807, 2.05) is 0 Å². The summed E-state index contributed by atoms with van der Waals surface area (Å²) in [6, 6.07) is 0. The number of hydrogen-bond donors (Lipinski definition) is 0. The van der Waals surface area contributed by atoms with Crippen LogP contribution in [0.3, 0.4) is 0 Å². The summed E-state index contributed by atoms with van der Waals surface area (Å²) in [6.07, 6.45) is 0.403. The van der Waals surface area contributed by atoms with Crippen molar-refractivity contribution in [2.45, 2.75) is 20.2 Å². The monoisotopic (exact) mass is 103 g/mol. The number of rotatable bonds is 2. The lowest BCUT2D eigenvalue weighted by Crippen LogP contribution is -2.00. The van der Waals surface area contributed by atoms with Crippen molar-refractivity contribution in [3.63, 3.8) is 0 Å². The van der Waals surface area contributed by atoms with Crippen molar-refractivity contribution in [1.82, 2.24) is 0 Å². The molecule has 2 heteroatoms. The van der Waals surface area contributed by atoms with E-state index in [1.165, 1.54) is 0 Å². The van der Waals surface area contributed by atoms with Crippen LogP contribution in [0.1, 0.15) is 21.6 Å². The molecule has 0 bridgehead atoms. The maximum Gasteiger partial charge on any atom is 0.305 e. The lowest BCUT2D eigenvalue weighted by molar-refractivity contribution is -0.142. The van der Waals surface area contributed by atoms with Crippen LogP contribution in [0.15, 0.2) is 0 Å². The highest BCUT2D eigenvalue weighted by molar-refractivity contribution is 5.68. The summed E-state index contributed by atoms with van der Waals surface area (Å²) in [5, 5.41) is 0. The van der Waals surface area contributed by atoms with Crippen LogP contribution < -0.4 is 0 Å². The Labute approximate surface area is 44.9 Å². The summed E-state index contributed by atoms with van der Waals surface area (Å²) in [4.78, 5) is 10.3. The Kier molecular flexibility index (Phi) is 2.41. The summed E-state index contributed by atoms with van der Waals surface area (Å²) >= 11 is 0. The molecule has 0 aromatic carbocycles. The lowest BCUT2D eigenvalue weighted by Gasteiger charge is -1.93. The first-order valence-electron chi connectivity index (χ1n) is 2.96. The van der Waals surface area contributed by atoms with Crippen LogP contribution in [-0.4, -0.2) is 12.6 Å². The first kappa shape index (κ1) is 4.62. The highest BCUT2D eigenvalue weighted by Crippen LogP contribution is 1.80. The maximum absolute atomic E-state index is 10.3. The van der Waals surface area contributed by atoms with Gasteiger partial charge in [0.15, 0.2) is 0 Å². The molecule has 0 aliphatic heterocycles. The van der Waals surface area contributed by atoms with Crippen molar-refractivity contribution < 1.29 is 10.9 Å². The number of carbonyl (C=O) groups excluding carboxylic acids is 1. The van der Waals surface area contributed by atoms with Crippen LogP contribution in [0.4, 0.5) is 0 Å². The molecule has 0 aliphatic carbocycles. The van der Waals surface area contributed by atoms with Crippen molar-refractivity contribution in [3.8, 4) is 0 Å². The molecule has 0 N–H and O–H groups in total. The fourth-order valence-electron chi connectivity index (χ4n) is 0.216. The quantitative estimate of drug-likeness (QED) is 0.486. The average molecular weight is 103 g/mol. The SMILES string of the molecule is [2H]CCOC(=O)CC. The number of carbonyl (C=O) groups is 1. The van der Waals surface area contributed by atoms with Gasteiger partial charge in [-0.2, -0.15) is 0 Å². The van der Waals surface area contributed by atoms with E-state index in [2.05, 4.69) is 4.74 Å². The van der Waals surface area contributed by atoms with Crippen LogP contribution in [-0.2, 0) is 9.53 Å². The zero-order valence-corrected chi connectivity index (χ0v) is 4.44. The molecular weight excluding hydrogens is 92.1 g/mol. The Hall–Kier alpha value is -0.530. The molecule has 0 atom stereocenters. The van der Waals surface area contributed by atoms with Crippen molar-refractivity contribution in [1.29, 1.82) is 0 Å². The summed E-state index contributed by atoms with van der Waals surface area (Å²) in [6.45, 7) is 2.12. The van der Waals surface area contributed by atoms with Crippen LogP contribution in [0, 0.1) is 0 Å². The molecule has 0 aromatic rings. The number of hydrogen-bond acceptors (Lipinski definition) is 2. The summed E-state index contributed by atoms with van der Waals surface area (Å²) in [7, 11) is 0. The van der Waals surface area contributed by atoms with Gasteiger partial charge < -0.3 is 4.74 Å². The van der Waals surface area contributed by atoms with E-state index in [0.29, 0.717) is 6.42 Å². The minimum Gasteiger partial charge on any atom is -0.466 e. The van der Waals surface area contributed by atoms with Crippen molar-refractivity contribution >= 4 is 5.97 Å². The van der Waals surface area contributed by atoms with Gasteiger partial charge in [0.05, 0.1) is 6.61 Å². The van der Waals surface area contributed by atoms with Gasteiger partial charge in [0.2, 0.25) is 0 Å². The smallest absolute Gasteiger partial charge is 0.305 e. The van der Waals surface area contributed by atoms with E-state index in [-0.39, 0.29) is 19.5 Å². The summed E-state index contributed by atoms with van der Waals surface area (Å²) in [5.41, 5.74) is 0. The van der Waals surface area contributed by atoms with E-state index in [4.69, 9.17) is 1.37 Å². The molecular formula is C5H10O2. The minimum atomic E-state index is -0.225. The minimum absolute atomic E-state index is 0.158. The lowest BCUT2D eigenvalue weighted by atomic mass is 10.5. The molecule has 0 fully saturated rings. The highest BCUT2D eigenvalue weighted by atomic mass is 16.5. The molecule has 0 heterocycles. The van der Waals surface area contributed by atoms with Crippen LogP contribution in [0.25, 0.3) is 0 Å². The van der Waals surface area contributed by atoms with Gasteiger partial charge in [0, 0.05) is 7.79 Å². The van der Waals surface area contributed by atoms with Crippen molar-refractivity contribution in [2.75, 3.05) is 6.61 Å². The Bertz CT molecular complexity index is 72.8. The van der Waals surface area contributed by atoms with E-state index >= 15 is 0 Å². The van der Waals surface area contributed by atoms with Crippen molar-refractivity contribution in [3.05, 3.63) is 0 Å². The van der Waals surface area contributed by atoms with Gasteiger partial charge in [-0.05, 0) is 6.90 Å². The first-order valence-corrected chi connectivity index (χ1v) is 2.26. The molecule has 42 valence electrons. The Morgan fingerprint density at radius 1 is 2.00 bits per heavy atom. The number of esters is 1. The molecule has 0 aromatic heterocycles. The van der Waals surface area contributed by atoms with Gasteiger partial charge in [-0.3, -0.25) is 4.79 Å². The van der Waals surface area contributed by atoms with E-state index in [9.17, 15) is 4.79 Å². The molecule has 0 radical (unpaired) electrons. The Morgan fingerprint density at radius 2 is 2.71 bits per heavy atom. The largest absolute Gasteiger partial charge is 0.466 e. The Balaban J connectivity index is 2.99. The molecule has 7 heavy (non-hydrogen) atoms. The standard InChI is InChI=1S/C5H10O2/c1-3-5(6)7-4-2/h3-4H2,1-2H3/i2D. The molecule has 0 rings (SSSR count). The second-order valence-electron chi connectivity index (χ2n) is 1.07. The molecule has 0 saturated carbocycles. The van der Waals surface area contributed by atoms with Crippen LogP contribution in [0.2, 0.25) is 0 Å². The average Bonchev–Trinajstić information content (AvgIpc) is 1.83. The van der Waals surface area contributed by atoms with E-state index in [1.54, 1.807) is 6.92 Å². The van der Waals surface area contributed by atoms with E-state index < -0.39 is 0 Å². The fourth-order valence-corrected chi connectivity index (χ4v) is 0.216. The second kappa shape index (κ2) is 3.65. The predicted molar refractivity (Wildman–Crippen MR) is 26.9 cm³/mol. The molecule has 0 saturated heterocycles. The van der Waals surface area contributed by atoms with E-state index in [0.717, 1.165) is 0 Å². The predicted octanol–water partition coefficient (Wildman–Crippen LogP) is 0.960. The third-order valence-corrected chi connectivity index (χ3v) is 0.552.